The second-order valence-corrected chi connectivity index (χ2v) is 7.86. The Hall–Kier alpha value is -2.60. The molecule has 0 N–H and O–H groups in total. The number of anilines is 1. The maximum absolute atomic E-state index is 12.9. The van der Waals surface area contributed by atoms with E-state index in [-0.39, 0.29) is 11.9 Å². The van der Waals surface area contributed by atoms with Crippen molar-refractivity contribution in [1.29, 1.82) is 0 Å². The third-order valence-electron chi connectivity index (χ3n) is 5.02. The number of nitrogens with zero attached hydrogens (tertiary/aromatic N) is 4. The van der Waals surface area contributed by atoms with E-state index in [2.05, 4.69) is 36.2 Å². The Labute approximate surface area is 163 Å². The monoisotopic (exact) mass is 378 g/mol. The highest BCUT2D eigenvalue weighted by molar-refractivity contribution is 7.99. The van der Waals surface area contributed by atoms with E-state index in [0.29, 0.717) is 5.75 Å². The van der Waals surface area contributed by atoms with Crippen LogP contribution in [0, 0.1) is 6.92 Å². The zero-order valence-corrected chi connectivity index (χ0v) is 16.5. The topological polar surface area (TPSA) is 51.0 Å². The lowest BCUT2D eigenvalue weighted by molar-refractivity contribution is -0.116. The van der Waals surface area contributed by atoms with Crippen LogP contribution < -0.4 is 4.90 Å². The van der Waals surface area contributed by atoms with E-state index in [1.54, 1.807) is 0 Å². The molecule has 0 spiro atoms. The molecule has 0 bridgehead atoms. The zero-order chi connectivity index (χ0) is 19.0. The summed E-state index contributed by atoms with van der Waals surface area (Å²) < 4.78 is 1.96. The SMILES string of the molecule is Cc1ccccc1-c1nnc(SCC(=O)N2c3ccccc3C[C@@H]2C)n1C. The summed E-state index contributed by atoms with van der Waals surface area (Å²) in [7, 11) is 1.95. The Morgan fingerprint density at radius 1 is 1.15 bits per heavy atom. The Morgan fingerprint density at radius 3 is 2.70 bits per heavy atom. The molecule has 6 heteroatoms. The Kier molecular flexibility index (Phi) is 4.74. The molecule has 0 unspecified atom stereocenters. The number of para-hydroxylation sites is 1. The van der Waals surface area contributed by atoms with E-state index in [0.717, 1.165) is 34.2 Å². The van der Waals surface area contributed by atoms with Crippen LogP contribution in [0.2, 0.25) is 0 Å². The number of fused-ring (bicyclic) bond motifs is 1. The second kappa shape index (κ2) is 7.19. The Balaban J connectivity index is 1.50. The first-order chi connectivity index (χ1) is 13.1. The van der Waals surface area contributed by atoms with Crippen LogP contribution in [0.1, 0.15) is 18.1 Å². The van der Waals surface area contributed by atoms with Gasteiger partial charge in [0, 0.05) is 24.3 Å². The van der Waals surface area contributed by atoms with Crippen LogP contribution >= 0.6 is 11.8 Å². The molecule has 27 heavy (non-hydrogen) atoms. The number of carbonyl (C=O) groups excluding carboxylic acids is 1. The number of hydrogen-bond acceptors (Lipinski definition) is 4. The highest BCUT2D eigenvalue weighted by Crippen LogP contribution is 2.33. The molecular weight excluding hydrogens is 356 g/mol. The van der Waals surface area contributed by atoms with Gasteiger partial charge in [-0.3, -0.25) is 4.79 Å². The smallest absolute Gasteiger partial charge is 0.237 e. The number of aromatic nitrogens is 3. The normalized spacial score (nSPS) is 15.8. The lowest BCUT2D eigenvalue weighted by Gasteiger charge is -2.22. The number of amides is 1. The number of aryl methyl sites for hydroxylation is 1. The molecule has 4 rings (SSSR count). The van der Waals surface area contributed by atoms with Crippen molar-refractivity contribution in [3.63, 3.8) is 0 Å². The summed E-state index contributed by atoms with van der Waals surface area (Å²) in [5.41, 5.74) is 4.49. The molecule has 0 saturated heterocycles. The van der Waals surface area contributed by atoms with Gasteiger partial charge in [0.25, 0.3) is 0 Å². The highest BCUT2D eigenvalue weighted by atomic mass is 32.2. The summed E-state index contributed by atoms with van der Waals surface area (Å²) in [6.45, 7) is 4.16. The lowest BCUT2D eigenvalue weighted by atomic mass is 10.1. The average molecular weight is 379 g/mol. The van der Waals surface area contributed by atoms with Crippen LogP contribution in [0.4, 0.5) is 5.69 Å². The molecule has 0 radical (unpaired) electrons. The van der Waals surface area contributed by atoms with Crippen LogP contribution in [0.15, 0.2) is 53.7 Å². The highest BCUT2D eigenvalue weighted by Gasteiger charge is 2.30. The van der Waals surface area contributed by atoms with E-state index in [4.69, 9.17) is 0 Å². The first-order valence-electron chi connectivity index (χ1n) is 9.04. The van der Waals surface area contributed by atoms with Gasteiger partial charge in [-0.05, 0) is 37.5 Å². The zero-order valence-electron chi connectivity index (χ0n) is 15.7. The standard InChI is InChI=1S/C21H22N4OS/c1-14-8-4-6-10-17(14)20-22-23-21(24(20)3)27-13-19(26)25-15(2)12-16-9-5-7-11-18(16)25/h4-11,15H,12-13H2,1-3H3/t15-/m0/s1. The lowest BCUT2D eigenvalue weighted by Crippen LogP contribution is -2.37. The number of hydrogen-bond donors (Lipinski definition) is 0. The third-order valence-corrected chi connectivity index (χ3v) is 6.03. The minimum absolute atomic E-state index is 0.109. The van der Waals surface area contributed by atoms with E-state index < -0.39 is 0 Å². The molecule has 2 aromatic carbocycles. The maximum atomic E-state index is 12.9. The molecule has 1 aliphatic rings. The predicted molar refractivity (Wildman–Crippen MR) is 109 cm³/mol. The fraction of sp³-hybridized carbons (Fsp3) is 0.286. The Morgan fingerprint density at radius 2 is 1.89 bits per heavy atom. The minimum atomic E-state index is 0.109. The van der Waals surface area contributed by atoms with Crippen molar-refractivity contribution in [2.75, 3.05) is 10.7 Å². The van der Waals surface area contributed by atoms with Crippen LogP contribution in [0.25, 0.3) is 11.4 Å². The Bertz CT molecular complexity index is 997. The molecule has 0 saturated carbocycles. The van der Waals surface area contributed by atoms with Gasteiger partial charge in [-0.25, -0.2) is 0 Å². The first kappa shape index (κ1) is 17.8. The summed E-state index contributed by atoms with van der Waals surface area (Å²) in [5, 5.41) is 9.39. The van der Waals surface area contributed by atoms with E-state index in [1.165, 1.54) is 17.3 Å². The average Bonchev–Trinajstić information content (AvgIpc) is 3.19. The summed E-state index contributed by atoms with van der Waals surface area (Å²) in [6, 6.07) is 16.5. The molecule has 2 heterocycles. The maximum Gasteiger partial charge on any atom is 0.237 e. The van der Waals surface area contributed by atoms with E-state index in [1.807, 2.05) is 52.9 Å². The molecule has 3 aromatic rings. The molecule has 1 aliphatic heterocycles. The van der Waals surface area contributed by atoms with Gasteiger partial charge in [-0.1, -0.05) is 54.2 Å². The summed E-state index contributed by atoms with van der Waals surface area (Å²) in [4.78, 5) is 14.8. The van der Waals surface area contributed by atoms with Crippen molar-refractivity contribution in [3.05, 3.63) is 59.7 Å². The molecule has 1 atom stereocenters. The van der Waals surface area contributed by atoms with Gasteiger partial charge < -0.3 is 9.47 Å². The molecule has 5 nitrogen and oxygen atoms in total. The van der Waals surface area contributed by atoms with Gasteiger partial charge in [0.05, 0.1) is 5.75 Å². The van der Waals surface area contributed by atoms with Crippen LogP contribution in [0.5, 0.6) is 0 Å². The van der Waals surface area contributed by atoms with Crippen molar-refractivity contribution < 1.29 is 4.79 Å². The number of thioether (sulfide) groups is 1. The largest absolute Gasteiger partial charge is 0.308 e. The fourth-order valence-electron chi connectivity index (χ4n) is 3.64. The van der Waals surface area contributed by atoms with Gasteiger partial charge in [0.15, 0.2) is 11.0 Å². The molecule has 0 fully saturated rings. The number of carbonyl (C=O) groups is 1. The first-order valence-corrected chi connectivity index (χ1v) is 10.0. The van der Waals surface area contributed by atoms with E-state index in [9.17, 15) is 4.79 Å². The van der Waals surface area contributed by atoms with Crippen LogP contribution in [-0.4, -0.2) is 32.5 Å². The molecule has 138 valence electrons. The van der Waals surface area contributed by atoms with Crippen molar-refractivity contribution in [2.45, 2.75) is 31.5 Å². The fourth-order valence-corrected chi connectivity index (χ4v) is 4.41. The van der Waals surface area contributed by atoms with Gasteiger partial charge >= 0.3 is 0 Å². The summed E-state index contributed by atoms with van der Waals surface area (Å²) in [5.74, 6) is 1.28. The van der Waals surface area contributed by atoms with Gasteiger partial charge in [0.2, 0.25) is 5.91 Å². The summed E-state index contributed by atoms with van der Waals surface area (Å²) in [6.07, 6.45) is 0.911. The second-order valence-electron chi connectivity index (χ2n) is 6.91. The molecule has 0 aliphatic carbocycles. The van der Waals surface area contributed by atoms with E-state index >= 15 is 0 Å². The van der Waals surface area contributed by atoms with Crippen LogP contribution in [-0.2, 0) is 18.3 Å². The predicted octanol–water partition coefficient (Wildman–Crippen LogP) is 3.86. The van der Waals surface area contributed by atoms with Crippen molar-refractivity contribution in [1.82, 2.24) is 14.8 Å². The quantitative estimate of drug-likeness (QED) is 0.647. The van der Waals surface area contributed by atoms with Crippen molar-refractivity contribution in [3.8, 4) is 11.4 Å². The van der Waals surface area contributed by atoms with Crippen molar-refractivity contribution in [2.24, 2.45) is 7.05 Å². The van der Waals surface area contributed by atoms with Crippen LogP contribution in [0.3, 0.4) is 0 Å². The molecule has 1 aromatic heterocycles. The minimum Gasteiger partial charge on any atom is -0.308 e. The van der Waals surface area contributed by atoms with Crippen molar-refractivity contribution >= 4 is 23.4 Å². The van der Waals surface area contributed by atoms with Gasteiger partial charge in [-0.15, -0.1) is 10.2 Å². The molecular formula is C21H22N4OS. The summed E-state index contributed by atoms with van der Waals surface area (Å²) >= 11 is 1.44. The number of benzene rings is 2. The van der Waals surface area contributed by atoms with Gasteiger partial charge in [0.1, 0.15) is 0 Å². The third kappa shape index (κ3) is 3.25. The number of rotatable bonds is 4. The van der Waals surface area contributed by atoms with Gasteiger partial charge in [-0.2, -0.15) is 0 Å². The molecule has 1 amide bonds.